The Hall–Kier alpha value is -1.62. The van der Waals surface area contributed by atoms with E-state index in [0.717, 1.165) is 12.1 Å². The van der Waals surface area contributed by atoms with Gasteiger partial charge in [0.25, 0.3) is 0 Å². The topological polar surface area (TPSA) is 63.2 Å². The van der Waals surface area contributed by atoms with Gasteiger partial charge in [-0.05, 0) is 44.9 Å². The number of carbonyl (C=O) groups excluding carboxylic acids is 1. The van der Waals surface area contributed by atoms with Crippen molar-refractivity contribution in [3.8, 4) is 0 Å². The Labute approximate surface area is 114 Å². The number of ether oxygens (including phenoxy) is 1. The Kier molecular flexibility index (Phi) is 5.76. The lowest BCUT2D eigenvalue weighted by Gasteiger charge is -2.19. The Morgan fingerprint density at radius 1 is 1.37 bits per heavy atom. The number of pyridine rings is 1. The Balaban J connectivity index is 2.15. The fraction of sp³-hybridized carbons (Fsp3) is 0.571. The highest BCUT2D eigenvalue weighted by Gasteiger charge is 2.15. The van der Waals surface area contributed by atoms with Gasteiger partial charge in [-0.3, -0.25) is 4.98 Å². The number of rotatable bonds is 5. The molecule has 0 aliphatic carbocycles. The average Bonchev–Trinajstić information content (AvgIpc) is 2.28. The summed E-state index contributed by atoms with van der Waals surface area (Å²) in [7, 11) is 0. The van der Waals surface area contributed by atoms with Crippen LogP contribution >= 0.6 is 0 Å². The van der Waals surface area contributed by atoms with Crippen LogP contribution in [0, 0.1) is 6.92 Å². The van der Waals surface area contributed by atoms with E-state index in [2.05, 4.69) is 15.6 Å². The molecule has 0 saturated heterocycles. The Morgan fingerprint density at radius 2 is 2.11 bits per heavy atom. The fourth-order valence-corrected chi connectivity index (χ4v) is 1.49. The number of hydrogen-bond acceptors (Lipinski definition) is 4. The number of amides is 1. The van der Waals surface area contributed by atoms with Gasteiger partial charge in [0.2, 0.25) is 0 Å². The predicted octanol–water partition coefficient (Wildman–Crippen LogP) is 2.00. The summed E-state index contributed by atoms with van der Waals surface area (Å²) in [5, 5.41) is 5.97. The highest BCUT2D eigenvalue weighted by atomic mass is 16.6. The molecule has 1 aromatic heterocycles. The van der Waals surface area contributed by atoms with E-state index in [4.69, 9.17) is 4.74 Å². The normalized spacial score (nSPS) is 11.2. The summed E-state index contributed by atoms with van der Waals surface area (Å²) in [6, 6.07) is 1.99. The molecule has 0 atom stereocenters. The summed E-state index contributed by atoms with van der Waals surface area (Å²) in [5.41, 5.74) is 1.92. The quantitative estimate of drug-likeness (QED) is 0.799. The van der Waals surface area contributed by atoms with E-state index in [-0.39, 0.29) is 6.09 Å². The minimum Gasteiger partial charge on any atom is -0.444 e. The molecule has 1 aromatic rings. The van der Waals surface area contributed by atoms with Crippen LogP contribution in [0.5, 0.6) is 0 Å². The molecule has 5 heteroatoms. The molecule has 1 amide bonds. The van der Waals surface area contributed by atoms with E-state index in [1.807, 2.05) is 40.0 Å². The number of aromatic nitrogens is 1. The maximum Gasteiger partial charge on any atom is 0.407 e. The first kappa shape index (κ1) is 15.4. The van der Waals surface area contributed by atoms with E-state index < -0.39 is 5.60 Å². The van der Waals surface area contributed by atoms with Crippen LogP contribution in [-0.4, -0.2) is 29.8 Å². The second-order valence-corrected chi connectivity index (χ2v) is 5.41. The molecular formula is C14H23N3O2. The standard InChI is InChI=1S/C14H23N3O2/c1-11-9-15-6-5-12(11)10-16-7-8-17-13(18)19-14(2,3)4/h5-6,9,16H,7-8,10H2,1-4H3,(H,17,18). The van der Waals surface area contributed by atoms with Crippen molar-refractivity contribution in [1.82, 2.24) is 15.6 Å². The minimum atomic E-state index is -0.453. The van der Waals surface area contributed by atoms with E-state index in [9.17, 15) is 4.79 Å². The summed E-state index contributed by atoms with van der Waals surface area (Å²) < 4.78 is 5.14. The lowest BCUT2D eigenvalue weighted by Crippen LogP contribution is -2.36. The minimum absolute atomic E-state index is 0.380. The van der Waals surface area contributed by atoms with Gasteiger partial charge in [0.15, 0.2) is 0 Å². The molecule has 106 valence electrons. The second-order valence-electron chi connectivity index (χ2n) is 5.41. The van der Waals surface area contributed by atoms with Crippen LogP contribution in [0.15, 0.2) is 18.5 Å². The van der Waals surface area contributed by atoms with Crippen LogP contribution in [0.3, 0.4) is 0 Å². The molecule has 0 radical (unpaired) electrons. The van der Waals surface area contributed by atoms with Crippen molar-refractivity contribution < 1.29 is 9.53 Å². The smallest absolute Gasteiger partial charge is 0.407 e. The largest absolute Gasteiger partial charge is 0.444 e. The van der Waals surface area contributed by atoms with Crippen molar-refractivity contribution in [2.24, 2.45) is 0 Å². The molecule has 0 aliphatic heterocycles. The maximum absolute atomic E-state index is 11.4. The third-order valence-corrected chi connectivity index (χ3v) is 2.42. The van der Waals surface area contributed by atoms with Crippen LogP contribution in [0.1, 0.15) is 31.9 Å². The fourth-order valence-electron chi connectivity index (χ4n) is 1.49. The van der Waals surface area contributed by atoms with Gasteiger partial charge >= 0.3 is 6.09 Å². The zero-order chi connectivity index (χ0) is 14.3. The zero-order valence-electron chi connectivity index (χ0n) is 12.1. The van der Waals surface area contributed by atoms with Crippen molar-refractivity contribution in [1.29, 1.82) is 0 Å². The molecule has 0 fully saturated rings. The first-order chi connectivity index (χ1) is 8.88. The molecule has 1 rings (SSSR count). The third kappa shape index (κ3) is 6.76. The number of aryl methyl sites for hydroxylation is 1. The van der Waals surface area contributed by atoms with E-state index in [1.165, 1.54) is 5.56 Å². The first-order valence-electron chi connectivity index (χ1n) is 6.45. The summed E-state index contributed by atoms with van der Waals surface area (Å²) in [6.45, 7) is 9.57. The molecule has 0 saturated carbocycles. The van der Waals surface area contributed by atoms with Gasteiger partial charge in [-0.25, -0.2) is 4.79 Å². The van der Waals surface area contributed by atoms with Crippen molar-refractivity contribution in [2.45, 2.75) is 39.8 Å². The summed E-state index contributed by atoms with van der Waals surface area (Å²) in [4.78, 5) is 15.4. The van der Waals surface area contributed by atoms with Crippen LogP contribution in [0.4, 0.5) is 4.79 Å². The molecule has 2 N–H and O–H groups in total. The molecule has 5 nitrogen and oxygen atoms in total. The van der Waals surface area contributed by atoms with Crippen LogP contribution < -0.4 is 10.6 Å². The molecule has 19 heavy (non-hydrogen) atoms. The predicted molar refractivity (Wildman–Crippen MR) is 74.9 cm³/mol. The summed E-state index contributed by atoms with van der Waals surface area (Å²) in [5.74, 6) is 0. The van der Waals surface area contributed by atoms with Crippen LogP contribution in [0.2, 0.25) is 0 Å². The van der Waals surface area contributed by atoms with Crippen LogP contribution in [-0.2, 0) is 11.3 Å². The third-order valence-electron chi connectivity index (χ3n) is 2.42. The number of hydrogen-bond donors (Lipinski definition) is 2. The second kappa shape index (κ2) is 7.09. The monoisotopic (exact) mass is 265 g/mol. The molecule has 0 aliphatic rings. The van der Waals surface area contributed by atoms with Gasteiger partial charge in [0.05, 0.1) is 0 Å². The number of alkyl carbamates (subject to hydrolysis) is 1. The highest BCUT2D eigenvalue weighted by molar-refractivity contribution is 5.67. The van der Waals surface area contributed by atoms with Gasteiger partial charge in [0.1, 0.15) is 5.60 Å². The van der Waals surface area contributed by atoms with Gasteiger partial charge < -0.3 is 15.4 Å². The van der Waals surface area contributed by atoms with Gasteiger partial charge in [-0.15, -0.1) is 0 Å². The molecule has 1 heterocycles. The van der Waals surface area contributed by atoms with E-state index in [1.54, 1.807) is 6.20 Å². The Bertz CT molecular complexity index is 413. The van der Waals surface area contributed by atoms with Crippen molar-refractivity contribution >= 4 is 6.09 Å². The number of nitrogens with one attached hydrogen (secondary N) is 2. The summed E-state index contributed by atoms with van der Waals surface area (Å²) in [6.07, 6.45) is 3.24. The lowest BCUT2D eigenvalue weighted by molar-refractivity contribution is 0.0528. The van der Waals surface area contributed by atoms with Crippen molar-refractivity contribution in [3.05, 3.63) is 29.6 Å². The molecule has 0 unspecified atom stereocenters. The first-order valence-corrected chi connectivity index (χ1v) is 6.45. The molecule has 0 aromatic carbocycles. The highest BCUT2D eigenvalue weighted by Crippen LogP contribution is 2.06. The molecular weight excluding hydrogens is 242 g/mol. The lowest BCUT2D eigenvalue weighted by atomic mass is 10.1. The molecule has 0 spiro atoms. The van der Waals surface area contributed by atoms with Crippen molar-refractivity contribution in [2.75, 3.05) is 13.1 Å². The number of carbonyl (C=O) groups is 1. The van der Waals surface area contributed by atoms with Gasteiger partial charge in [-0.1, -0.05) is 0 Å². The Morgan fingerprint density at radius 3 is 2.74 bits per heavy atom. The maximum atomic E-state index is 11.4. The van der Waals surface area contributed by atoms with E-state index >= 15 is 0 Å². The van der Waals surface area contributed by atoms with Crippen LogP contribution in [0.25, 0.3) is 0 Å². The van der Waals surface area contributed by atoms with Crippen molar-refractivity contribution in [3.63, 3.8) is 0 Å². The van der Waals surface area contributed by atoms with Gasteiger partial charge in [-0.2, -0.15) is 0 Å². The zero-order valence-corrected chi connectivity index (χ0v) is 12.1. The number of nitrogens with zero attached hydrogens (tertiary/aromatic N) is 1. The SMILES string of the molecule is Cc1cnccc1CNCCNC(=O)OC(C)(C)C. The summed E-state index contributed by atoms with van der Waals surface area (Å²) >= 11 is 0. The van der Waals surface area contributed by atoms with E-state index in [0.29, 0.717) is 13.1 Å². The average molecular weight is 265 g/mol. The van der Waals surface area contributed by atoms with Gasteiger partial charge in [0, 0.05) is 32.0 Å². The molecule has 0 bridgehead atoms.